The van der Waals surface area contributed by atoms with Gasteiger partial charge in [-0.25, -0.2) is 0 Å². The summed E-state index contributed by atoms with van der Waals surface area (Å²) in [4.78, 5) is 14.7. The number of rotatable bonds is 3. The molecule has 0 bridgehead atoms. The lowest BCUT2D eigenvalue weighted by Crippen LogP contribution is -2.38. The quantitative estimate of drug-likeness (QED) is 0.708. The number of hydrogen-bond acceptors (Lipinski definition) is 4. The maximum absolute atomic E-state index is 12.9. The Bertz CT molecular complexity index is 948. The molecule has 7 heteroatoms. The van der Waals surface area contributed by atoms with Crippen LogP contribution in [0.5, 0.6) is 5.75 Å². The minimum Gasteiger partial charge on any atom is -0.496 e. The van der Waals surface area contributed by atoms with Crippen LogP contribution in [-0.4, -0.2) is 45.6 Å². The number of aromatic nitrogens is 3. The number of carbonyl (C=O) groups is 1. The summed E-state index contributed by atoms with van der Waals surface area (Å²) in [5, 5.41) is 9.11. The smallest absolute Gasteiger partial charge is 0.257 e. The molecular weight excluding hydrogens is 352 g/mol. The van der Waals surface area contributed by atoms with E-state index >= 15 is 0 Å². The Morgan fingerprint density at radius 1 is 1.19 bits per heavy atom. The van der Waals surface area contributed by atoms with Crippen molar-refractivity contribution in [2.75, 3.05) is 20.2 Å². The van der Waals surface area contributed by atoms with Crippen LogP contribution in [0.4, 0.5) is 0 Å². The molecule has 0 N–H and O–H groups in total. The van der Waals surface area contributed by atoms with Gasteiger partial charge in [-0.05, 0) is 43.2 Å². The standard InChI is InChI=1S/C19H19ClN4O2/c1-26-16-6-5-14(20)12-15(16)19(25)23-10-7-13(8-11-23)18-22-21-17-4-2-3-9-24(17)18/h2-6,9,12-13H,7-8,10-11H2,1H3. The number of piperidine rings is 1. The van der Waals surface area contributed by atoms with E-state index < -0.39 is 0 Å². The van der Waals surface area contributed by atoms with Crippen LogP contribution in [0.3, 0.4) is 0 Å². The Morgan fingerprint density at radius 2 is 2.00 bits per heavy atom. The van der Waals surface area contributed by atoms with Crippen molar-refractivity contribution in [2.24, 2.45) is 0 Å². The molecule has 1 aliphatic rings. The van der Waals surface area contributed by atoms with Gasteiger partial charge < -0.3 is 9.64 Å². The molecule has 0 unspecified atom stereocenters. The molecule has 0 atom stereocenters. The van der Waals surface area contributed by atoms with E-state index in [1.165, 1.54) is 0 Å². The van der Waals surface area contributed by atoms with E-state index in [0.717, 1.165) is 24.3 Å². The monoisotopic (exact) mass is 370 g/mol. The van der Waals surface area contributed by atoms with E-state index in [9.17, 15) is 4.79 Å². The summed E-state index contributed by atoms with van der Waals surface area (Å²) in [6.07, 6.45) is 3.69. The Hall–Kier alpha value is -2.60. The van der Waals surface area contributed by atoms with Crippen LogP contribution in [0.2, 0.25) is 5.02 Å². The summed E-state index contributed by atoms with van der Waals surface area (Å²) in [5.74, 6) is 1.75. The molecule has 1 saturated heterocycles. The molecule has 1 aromatic carbocycles. The van der Waals surface area contributed by atoms with Crippen molar-refractivity contribution in [3.05, 3.63) is 59.0 Å². The highest BCUT2D eigenvalue weighted by molar-refractivity contribution is 6.31. The number of pyridine rings is 1. The molecule has 0 radical (unpaired) electrons. The predicted octanol–water partition coefficient (Wildman–Crippen LogP) is 3.41. The number of hydrogen-bond donors (Lipinski definition) is 0. The lowest BCUT2D eigenvalue weighted by Gasteiger charge is -2.31. The summed E-state index contributed by atoms with van der Waals surface area (Å²) in [7, 11) is 1.56. The molecular formula is C19H19ClN4O2. The summed E-state index contributed by atoms with van der Waals surface area (Å²) in [6, 6.07) is 11.0. The maximum atomic E-state index is 12.9. The minimum absolute atomic E-state index is 0.0473. The second-order valence-corrected chi connectivity index (χ2v) is 6.83. The van der Waals surface area contributed by atoms with Gasteiger partial charge in [0, 0.05) is 30.2 Å². The van der Waals surface area contributed by atoms with Crippen molar-refractivity contribution in [3.63, 3.8) is 0 Å². The number of carbonyl (C=O) groups excluding carboxylic acids is 1. The molecule has 3 aromatic rings. The number of halogens is 1. The lowest BCUT2D eigenvalue weighted by molar-refractivity contribution is 0.0707. The van der Waals surface area contributed by atoms with E-state index in [2.05, 4.69) is 10.2 Å². The predicted molar refractivity (Wildman–Crippen MR) is 98.9 cm³/mol. The summed E-state index contributed by atoms with van der Waals surface area (Å²) < 4.78 is 7.34. The van der Waals surface area contributed by atoms with Crippen LogP contribution in [0.1, 0.15) is 34.9 Å². The van der Waals surface area contributed by atoms with E-state index in [0.29, 0.717) is 29.4 Å². The third-order valence-corrected chi connectivity index (χ3v) is 5.11. The van der Waals surface area contributed by atoms with Crippen molar-refractivity contribution in [1.29, 1.82) is 0 Å². The number of ether oxygens (including phenoxy) is 1. The van der Waals surface area contributed by atoms with Gasteiger partial charge in [0.1, 0.15) is 11.6 Å². The Kier molecular flexibility index (Phi) is 4.51. The molecule has 26 heavy (non-hydrogen) atoms. The van der Waals surface area contributed by atoms with Gasteiger partial charge in [0.15, 0.2) is 5.65 Å². The fourth-order valence-corrected chi connectivity index (χ4v) is 3.67. The van der Waals surface area contributed by atoms with E-state index in [1.807, 2.05) is 33.7 Å². The average molecular weight is 371 g/mol. The van der Waals surface area contributed by atoms with Gasteiger partial charge in [0.2, 0.25) is 0 Å². The molecule has 1 aliphatic heterocycles. The third kappa shape index (κ3) is 3.01. The van der Waals surface area contributed by atoms with Crippen LogP contribution >= 0.6 is 11.6 Å². The zero-order chi connectivity index (χ0) is 18.1. The summed E-state index contributed by atoms with van der Waals surface area (Å²) in [5.41, 5.74) is 1.36. The third-order valence-electron chi connectivity index (χ3n) is 4.88. The molecule has 2 aromatic heterocycles. The molecule has 1 amide bonds. The van der Waals surface area contributed by atoms with E-state index in [4.69, 9.17) is 16.3 Å². The van der Waals surface area contributed by atoms with Crippen LogP contribution < -0.4 is 4.74 Å². The van der Waals surface area contributed by atoms with Crippen molar-refractivity contribution in [2.45, 2.75) is 18.8 Å². The molecule has 0 saturated carbocycles. The minimum atomic E-state index is -0.0473. The van der Waals surface area contributed by atoms with Crippen molar-refractivity contribution < 1.29 is 9.53 Å². The molecule has 4 rings (SSSR count). The van der Waals surface area contributed by atoms with Crippen LogP contribution in [0.25, 0.3) is 5.65 Å². The fraction of sp³-hybridized carbons (Fsp3) is 0.316. The summed E-state index contributed by atoms with van der Waals surface area (Å²) in [6.45, 7) is 1.34. The Morgan fingerprint density at radius 3 is 2.77 bits per heavy atom. The first-order valence-corrected chi connectivity index (χ1v) is 8.97. The van der Waals surface area contributed by atoms with Gasteiger partial charge >= 0.3 is 0 Å². The molecule has 134 valence electrons. The second kappa shape index (κ2) is 6.96. The number of likely N-dealkylation sites (tertiary alicyclic amines) is 1. The zero-order valence-corrected chi connectivity index (χ0v) is 15.2. The number of benzene rings is 1. The van der Waals surface area contributed by atoms with Crippen molar-refractivity contribution in [3.8, 4) is 5.75 Å². The Balaban J connectivity index is 1.50. The number of nitrogens with zero attached hydrogens (tertiary/aromatic N) is 4. The topological polar surface area (TPSA) is 59.7 Å². The highest BCUT2D eigenvalue weighted by Gasteiger charge is 2.28. The van der Waals surface area contributed by atoms with Crippen molar-refractivity contribution in [1.82, 2.24) is 19.5 Å². The number of amides is 1. The number of fused-ring (bicyclic) bond motifs is 1. The van der Waals surface area contributed by atoms with Gasteiger partial charge in [-0.1, -0.05) is 17.7 Å². The highest BCUT2D eigenvalue weighted by atomic mass is 35.5. The molecule has 0 spiro atoms. The Labute approximate surface area is 156 Å². The second-order valence-electron chi connectivity index (χ2n) is 6.40. The normalized spacial score (nSPS) is 15.4. The van der Waals surface area contributed by atoms with Crippen LogP contribution in [-0.2, 0) is 0 Å². The first-order valence-electron chi connectivity index (χ1n) is 8.60. The fourth-order valence-electron chi connectivity index (χ4n) is 3.50. The molecule has 6 nitrogen and oxygen atoms in total. The molecule has 3 heterocycles. The summed E-state index contributed by atoms with van der Waals surface area (Å²) >= 11 is 6.06. The molecule has 1 fully saturated rings. The van der Waals surface area contributed by atoms with Crippen LogP contribution in [0.15, 0.2) is 42.6 Å². The largest absolute Gasteiger partial charge is 0.496 e. The van der Waals surface area contributed by atoms with Gasteiger partial charge in [0.05, 0.1) is 12.7 Å². The van der Waals surface area contributed by atoms with E-state index in [-0.39, 0.29) is 11.8 Å². The molecule has 0 aliphatic carbocycles. The van der Waals surface area contributed by atoms with Gasteiger partial charge in [-0.2, -0.15) is 0 Å². The highest BCUT2D eigenvalue weighted by Crippen LogP contribution is 2.30. The van der Waals surface area contributed by atoms with Gasteiger partial charge in [-0.15, -0.1) is 10.2 Å². The zero-order valence-electron chi connectivity index (χ0n) is 14.4. The van der Waals surface area contributed by atoms with E-state index in [1.54, 1.807) is 25.3 Å². The average Bonchev–Trinajstić information content (AvgIpc) is 3.11. The maximum Gasteiger partial charge on any atom is 0.257 e. The van der Waals surface area contributed by atoms with Gasteiger partial charge in [-0.3, -0.25) is 9.20 Å². The van der Waals surface area contributed by atoms with Crippen molar-refractivity contribution >= 4 is 23.2 Å². The lowest BCUT2D eigenvalue weighted by atomic mass is 9.95. The first kappa shape index (κ1) is 16.8. The van der Waals surface area contributed by atoms with Crippen LogP contribution in [0, 0.1) is 0 Å². The van der Waals surface area contributed by atoms with Gasteiger partial charge in [0.25, 0.3) is 5.91 Å². The first-order chi connectivity index (χ1) is 12.7. The number of methoxy groups -OCH3 is 1. The SMILES string of the molecule is COc1ccc(Cl)cc1C(=O)N1CCC(c2nnc3ccccn23)CC1.